The van der Waals surface area contributed by atoms with Crippen molar-refractivity contribution in [3.63, 3.8) is 0 Å². The van der Waals surface area contributed by atoms with E-state index in [2.05, 4.69) is 13.8 Å². The van der Waals surface area contributed by atoms with Gasteiger partial charge in [0.1, 0.15) is 0 Å². The van der Waals surface area contributed by atoms with Crippen molar-refractivity contribution in [2.24, 2.45) is 0 Å². The topological polar surface area (TPSA) is 85.5 Å². The van der Waals surface area contributed by atoms with Crippen molar-refractivity contribution >= 4 is 0 Å². The minimum absolute atomic E-state index is 0. The van der Waals surface area contributed by atoms with Gasteiger partial charge >= 0.3 is 0 Å². The second-order valence-electron chi connectivity index (χ2n) is 0.854. The van der Waals surface area contributed by atoms with E-state index in [1.165, 1.54) is 6.42 Å². The van der Waals surface area contributed by atoms with Gasteiger partial charge in [0.15, 0.2) is 0 Å². The van der Waals surface area contributed by atoms with Gasteiger partial charge in [-0.25, -0.2) is 0 Å². The van der Waals surface area contributed by atoms with E-state index in [-0.39, 0.29) is 36.9 Å². The Labute approximate surface area is 64.1 Å². The Kier molecular flexibility index (Phi) is 242. The molecular formula is C4H9O3Re-7. The van der Waals surface area contributed by atoms with E-state index in [1.54, 1.807) is 0 Å². The number of hydrogen-bond donors (Lipinski definition) is 0. The van der Waals surface area contributed by atoms with Crippen molar-refractivity contribution in [2.75, 3.05) is 0 Å². The molecule has 0 unspecified atom stereocenters. The third-order valence-corrected chi connectivity index (χ3v) is 0.354. The van der Waals surface area contributed by atoms with Crippen LogP contribution >= 0.6 is 0 Å². The van der Waals surface area contributed by atoms with Crippen LogP contribution in [0.25, 0.3) is 0 Å². The van der Waals surface area contributed by atoms with Crippen molar-refractivity contribution in [1.29, 1.82) is 0 Å². The molecule has 0 aromatic rings. The molecule has 0 N–H and O–H groups in total. The van der Waals surface area contributed by atoms with Crippen molar-refractivity contribution in [2.45, 2.75) is 19.8 Å². The Morgan fingerprint density at radius 2 is 1.25 bits per heavy atom. The summed E-state index contributed by atoms with van der Waals surface area (Å²) < 4.78 is 0. The fourth-order valence-electron chi connectivity index (χ4n) is 0. The third kappa shape index (κ3) is 84.5. The molecule has 0 saturated heterocycles. The van der Waals surface area contributed by atoms with Crippen LogP contribution in [0.5, 0.6) is 0 Å². The van der Waals surface area contributed by atoms with Gasteiger partial charge in [-0.3, -0.25) is 0 Å². The number of hydrogen-bond acceptors (Lipinski definition) is 0. The molecule has 0 aliphatic heterocycles. The molecule has 0 aromatic heterocycles. The molecule has 0 fully saturated rings. The molecule has 0 aliphatic rings. The Morgan fingerprint density at radius 3 is 1.25 bits per heavy atom. The summed E-state index contributed by atoms with van der Waals surface area (Å²) in [5.41, 5.74) is 0. The van der Waals surface area contributed by atoms with E-state index in [0.29, 0.717) is 0 Å². The first-order valence-corrected chi connectivity index (χ1v) is 1.71. The van der Waals surface area contributed by atoms with Crippen LogP contribution in [-0.2, 0) is 36.9 Å². The Bertz CT molecular complexity index is 13.2. The van der Waals surface area contributed by atoms with Gasteiger partial charge in [-0.1, -0.05) is 13.3 Å². The Morgan fingerprint density at radius 1 is 1.12 bits per heavy atom. The van der Waals surface area contributed by atoms with Crippen molar-refractivity contribution in [3.05, 3.63) is 6.92 Å². The maximum absolute atomic E-state index is 3.60. The molecular weight excluding hydrogens is 282 g/mol. The van der Waals surface area contributed by atoms with Gasteiger partial charge in [0, 0.05) is 20.4 Å². The van der Waals surface area contributed by atoms with Crippen molar-refractivity contribution in [3.8, 4) is 0 Å². The first-order valence-electron chi connectivity index (χ1n) is 1.71. The zero-order chi connectivity index (χ0) is 3.41. The summed E-state index contributed by atoms with van der Waals surface area (Å²) in [5.74, 6) is 0. The maximum atomic E-state index is 3.60. The van der Waals surface area contributed by atoms with E-state index in [4.69, 9.17) is 0 Å². The average Bonchev–Trinajstić information content (AvgIpc) is 1.37. The molecule has 0 aromatic carbocycles. The summed E-state index contributed by atoms with van der Waals surface area (Å²) in [6.45, 7) is 5.72. The second-order valence-corrected chi connectivity index (χ2v) is 0.854. The molecule has 3 nitrogen and oxygen atoms in total. The monoisotopic (exact) mass is 292 g/mol. The summed E-state index contributed by atoms with van der Waals surface area (Å²) in [4.78, 5) is 0. The standard InChI is InChI=1S/C4H9.3O.Re/c1-3-4-2;;;;/h1,3-4H2,2H3;;;;/q-1;3*-2;. The van der Waals surface area contributed by atoms with E-state index >= 15 is 0 Å². The zero-order valence-electron chi connectivity index (χ0n) is 4.72. The van der Waals surface area contributed by atoms with Crippen LogP contribution in [0.15, 0.2) is 0 Å². The summed E-state index contributed by atoms with van der Waals surface area (Å²) in [7, 11) is 0. The molecule has 0 amide bonds. The van der Waals surface area contributed by atoms with Gasteiger partial charge in [0.05, 0.1) is 0 Å². The van der Waals surface area contributed by atoms with Gasteiger partial charge in [-0.05, 0) is 0 Å². The van der Waals surface area contributed by atoms with Crippen LogP contribution in [0.1, 0.15) is 19.8 Å². The van der Waals surface area contributed by atoms with Gasteiger partial charge in [-0.2, -0.15) is 6.42 Å². The molecule has 0 rings (SSSR count). The molecule has 0 bridgehead atoms. The Hall–Kier alpha value is 0.542. The molecule has 1 radical (unpaired) electrons. The molecule has 0 heterocycles. The minimum Gasteiger partial charge on any atom is -2.00 e. The molecule has 0 saturated carbocycles. The van der Waals surface area contributed by atoms with Crippen molar-refractivity contribution in [1.82, 2.24) is 0 Å². The third-order valence-electron chi connectivity index (χ3n) is 0.354. The first kappa shape index (κ1) is 38.7. The molecule has 0 aliphatic carbocycles. The van der Waals surface area contributed by atoms with Crippen LogP contribution in [0, 0.1) is 6.92 Å². The van der Waals surface area contributed by atoms with Gasteiger partial charge in [-0.15, -0.1) is 0 Å². The largest absolute Gasteiger partial charge is 2.00 e. The summed E-state index contributed by atoms with van der Waals surface area (Å²) in [6.07, 6.45) is 2.28. The van der Waals surface area contributed by atoms with E-state index in [0.717, 1.165) is 6.42 Å². The SMILES string of the molecule is [CH2-]CCC.[O-2].[O-2].[O-2].[Re]. The van der Waals surface area contributed by atoms with Gasteiger partial charge in [0.2, 0.25) is 0 Å². The van der Waals surface area contributed by atoms with Gasteiger partial charge < -0.3 is 23.4 Å². The summed E-state index contributed by atoms with van der Waals surface area (Å²) in [6, 6.07) is 0. The van der Waals surface area contributed by atoms with E-state index in [9.17, 15) is 0 Å². The van der Waals surface area contributed by atoms with E-state index in [1.807, 2.05) is 0 Å². The van der Waals surface area contributed by atoms with Gasteiger partial charge in [0.25, 0.3) is 0 Å². The first-order chi connectivity index (χ1) is 1.91. The molecule has 8 heavy (non-hydrogen) atoms. The molecule has 57 valence electrons. The van der Waals surface area contributed by atoms with Crippen LogP contribution in [-0.4, -0.2) is 0 Å². The predicted octanol–water partition coefficient (Wildman–Crippen LogP) is 1.26. The fraction of sp³-hybridized carbons (Fsp3) is 0.750. The average molecular weight is 291 g/mol. The van der Waals surface area contributed by atoms with E-state index < -0.39 is 0 Å². The van der Waals surface area contributed by atoms with Crippen LogP contribution < -0.4 is 0 Å². The van der Waals surface area contributed by atoms with Crippen molar-refractivity contribution < 1.29 is 36.9 Å². The quantitative estimate of drug-likeness (QED) is 0.651. The smallest absolute Gasteiger partial charge is 0 e. The zero-order valence-corrected chi connectivity index (χ0v) is 7.44. The normalized spacial score (nSPS) is 3.75. The minimum atomic E-state index is 0. The molecule has 4 heteroatoms. The predicted molar refractivity (Wildman–Crippen MR) is 22.3 cm³/mol. The molecule has 0 atom stereocenters. The molecule has 0 spiro atoms. The van der Waals surface area contributed by atoms with Crippen LogP contribution in [0.3, 0.4) is 0 Å². The fourth-order valence-corrected chi connectivity index (χ4v) is 0. The maximum Gasteiger partial charge on any atom is 0 e. The summed E-state index contributed by atoms with van der Waals surface area (Å²) in [5, 5.41) is 0. The number of rotatable bonds is 1. The Balaban J connectivity index is -0.00000000750. The summed E-state index contributed by atoms with van der Waals surface area (Å²) >= 11 is 0. The number of unbranched alkanes of at least 4 members (excludes halogenated alkanes) is 1. The van der Waals surface area contributed by atoms with Crippen LogP contribution in [0.4, 0.5) is 0 Å². The second kappa shape index (κ2) is 49.9. The van der Waals surface area contributed by atoms with Crippen LogP contribution in [0.2, 0.25) is 0 Å².